The van der Waals surface area contributed by atoms with Crippen molar-refractivity contribution in [2.75, 3.05) is 11.5 Å². The number of hydrogen-bond acceptors (Lipinski definition) is 5. The molecule has 176 valence electrons. The number of unbranched alkanes of at least 4 members (excludes halogenated alkanes) is 1. The Morgan fingerprint density at radius 2 is 1.68 bits per heavy atom. The molecule has 1 heterocycles. The van der Waals surface area contributed by atoms with Gasteiger partial charge in [0.05, 0.1) is 11.5 Å². The lowest BCUT2D eigenvalue weighted by Crippen LogP contribution is -2.31. The number of anilines is 1. The number of carbonyl (C=O) groups is 1. The molecule has 0 saturated heterocycles. The summed E-state index contributed by atoms with van der Waals surface area (Å²) in [6, 6.07) is 21.0. The highest BCUT2D eigenvalue weighted by molar-refractivity contribution is 7.95. The first kappa shape index (κ1) is 23.6. The number of hydrogen-bond donors (Lipinski definition) is 1. The lowest BCUT2D eigenvalue weighted by molar-refractivity contribution is -0.117. The van der Waals surface area contributed by atoms with Crippen molar-refractivity contribution in [3.63, 3.8) is 0 Å². The van der Waals surface area contributed by atoms with E-state index >= 15 is 0 Å². The maximum absolute atomic E-state index is 13.7. The van der Waals surface area contributed by atoms with Gasteiger partial charge in [0.1, 0.15) is 16.7 Å². The van der Waals surface area contributed by atoms with E-state index in [0.717, 1.165) is 18.4 Å². The maximum atomic E-state index is 13.7. The summed E-state index contributed by atoms with van der Waals surface area (Å²) < 4.78 is 33.2. The highest BCUT2D eigenvalue weighted by atomic mass is 32.2. The smallest absolute Gasteiger partial charge is 0.295 e. The summed E-state index contributed by atoms with van der Waals surface area (Å²) in [6.45, 7) is 4.52. The summed E-state index contributed by atoms with van der Waals surface area (Å²) in [4.78, 5) is 14.3. The van der Waals surface area contributed by atoms with Crippen molar-refractivity contribution in [1.82, 2.24) is 0 Å². The van der Waals surface area contributed by atoms with Gasteiger partial charge in [0.2, 0.25) is 9.84 Å². The van der Waals surface area contributed by atoms with E-state index < -0.39 is 27.5 Å². The molecule has 0 unspecified atom stereocenters. The zero-order valence-corrected chi connectivity index (χ0v) is 20.0. The third kappa shape index (κ3) is 4.43. The van der Waals surface area contributed by atoms with Crippen molar-refractivity contribution in [3.05, 3.63) is 101 Å². The van der Waals surface area contributed by atoms with Crippen LogP contribution < -0.4 is 9.64 Å². The van der Waals surface area contributed by atoms with Crippen LogP contribution in [0.5, 0.6) is 5.75 Å². The molecule has 0 fully saturated rings. The summed E-state index contributed by atoms with van der Waals surface area (Å²) >= 11 is 0. The molecule has 0 aromatic heterocycles. The van der Waals surface area contributed by atoms with Gasteiger partial charge in [0.25, 0.3) is 5.91 Å². The van der Waals surface area contributed by atoms with Crippen molar-refractivity contribution in [2.45, 2.75) is 37.6 Å². The molecule has 1 aliphatic rings. The van der Waals surface area contributed by atoms with Crippen LogP contribution >= 0.6 is 0 Å². The molecule has 1 amide bonds. The molecular formula is C27H27NO5S. The molecule has 3 aromatic rings. The number of rotatable bonds is 8. The van der Waals surface area contributed by atoms with E-state index in [1.807, 2.05) is 19.1 Å². The summed E-state index contributed by atoms with van der Waals surface area (Å²) in [5.41, 5.74) is 2.01. The Morgan fingerprint density at radius 3 is 2.35 bits per heavy atom. The Morgan fingerprint density at radius 1 is 0.971 bits per heavy atom. The number of amides is 1. The largest absolute Gasteiger partial charge is 0.502 e. The van der Waals surface area contributed by atoms with Gasteiger partial charge in [-0.1, -0.05) is 61.4 Å². The van der Waals surface area contributed by atoms with Crippen molar-refractivity contribution in [1.29, 1.82) is 0 Å². The molecule has 3 aromatic carbocycles. The van der Waals surface area contributed by atoms with Gasteiger partial charge < -0.3 is 9.84 Å². The summed E-state index contributed by atoms with van der Waals surface area (Å²) in [6.07, 6.45) is 1.87. The van der Waals surface area contributed by atoms with Crippen LogP contribution in [-0.2, 0) is 14.6 Å². The molecule has 0 saturated carbocycles. The minimum absolute atomic E-state index is 0.00968. The highest BCUT2D eigenvalue weighted by Gasteiger charge is 2.47. The Balaban J connectivity index is 1.87. The van der Waals surface area contributed by atoms with E-state index in [1.165, 1.54) is 17.0 Å². The van der Waals surface area contributed by atoms with Crippen LogP contribution in [0.2, 0.25) is 0 Å². The van der Waals surface area contributed by atoms with E-state index in [0.29, 0.717) is 23.6 Å². The normalized spacial score (nSPS) is 16.2. The molecule has 7 heteroatoms. The van der Waals surface area contributed by atoms with Gasteiger partial charge in [0.15, 0.2) is 5.76 Å². The predicted molar refractivity (Wildman–Crippen MR) is 132 cm³/mol. The van der Waals surface area contributed by atoms with Gasteiger partial charge >= 0.3 is 0 Å². The molecule has 6 nitrogen and oxygen atoms in total. The van der Waals surface area contributed by atoms with E-state index in [-0.39, 0.29) is 9.80 Å². The van der Waals surface area contributed by atoms with Gasteiger partial charge in [-0.25, -0.2) is 8.42 Å². The molecule has 4 rings (SSSR count). The molecular weight excluding hydrogens is 450 g/mol. The molecule has 1 N–H and O–H groups in total. The molecule has 1 atom stereocenters. The molecule has 0 bridgehead atoms. The first-order chi connectivity index (χ1) is 16.3. The van der Waals surface area contributed by atoms with Crippen LogP contribution in [0.3, 0.4) is 0 Å². The highest BCUT2D eigenvalue weighted by Crippen LogP contribution is 2.45. The van der Waals surface area contributed by atoms with Crippen LogP contribution in [0.1, 0.15) is 36.9 Å². The molecule has 0 aliphatic carbocycles. The van der Waals surface area contributed by atoms with Gasteiger partial charge in [-0.15, -0.1) is 0 Å². The molecule has 34 heavy (non-hydrogen) atoms. The number of nitrogens with zero attached hydrogens (tertiary/aromatic N) is 1. The number of aryl methyl sites for hydroxylation is 1. The van der Waals surface area contributed by atoms with Gasteiger partial charge in [-0.05, 0) is 55.3 Å². The first-order valence-corrected chi connectivity index (χ1v) is 12.7. The number of aliphatic hydroxyl groups excluding tert-OH is 1. The van der Waals surface area contributed by atoms with Crippen LogP contribution in [0.15, 0.2) is 94.4 Å². The average molecular weight is 478 g/mol. The maximum Gasteiger partial charge on any atom is 0.295 e. The van der Waals surface area contributed by atoms with E-state index in [4.69, 9.17) is 4.74 Å². The fourth-order valence-electron chi connectivity index (χ4n) is 3.97. The fourth-order valence-corrected chi connectivity index (χ4v) is 5.61. The average Bonchev–Trinajstić information content (AvgIpc) is 3.12. The number of ether oxygens (including phenoxy) is 1. The monoisotopic (exact) mass is 477 g/mol. The lowest BCUT2D eigenvalue weighted by Gasteiger charge is -2.27. The van der Waals surface area contributed by atoms with E-state index in [1.54, 1.807) is 54.6 Å². The Bertz CT molecular complexity index is 1310. The zero-order valence-electron chi connectivity index (χ0n) is 19.1. The second-order valence-corrected chi connectivity index (χ2v) is 10.1. The topological polar surface area (TPSA) is 83.9 Å². The summed E-state index contributed by atoms with van der Waals surface area (Å²) in [5.74, 6) is -0.961. The second kappa shape index (κ2) is 9.73. The summed E-state index contributed by atoms with van der Waals surface area (Å²) in [5, 5.41) is 10.9. The fraction of sp³-hybridized carbons (Fsp3) is 0.222. The number of carbonyl (C=O) groups excluding carboxylic acids is 1. The van der Waals surface area contributed by atoms with Gasteiger partial charge in [0, 0.05) is 5.69 Å². The lowest BCUT2D eigenvalue weighted by atomic mass is 10.1. The minimum atomic E-state index is -4.17. The third-order valence-corrected chi connectivity index (χ3v) is 7.65. The Labute approximate surface area is 200 Å². The first-order valence-electron chi connectivity index (χ1n) is 11.2. The quantitative estimate of drug-likeness (QED) is 0.433. The second-order valence-electron chi connectivity index (χ2n) is 8.22. The molecule has 1 aliphatic heterocycles. The van der Waals surface area contributed by atoms with Gasteiger partial charge in [-0.3, -0.25) is 9.69 Å². The standard InChI is InChI=1S/C27H27NO5S/c1-3-4-17-33-22-10-8-9-20(18-22)24-26(34(31,32)23-11-6-5-7-12-23)25(29)27(30)28(24)21-15-13-19(2)14-16-21/h5-16,18,24,29H,3-4,17H2,1-2H3/t24-/m1/s1. The van der Waals surface area contributed by atoms with Gasteiger partial charge in [-0.2, -0.15) is 0 Å². The van der Waals surface area contributed by atoms with Crippen LogP contribution in [0.25, 0.3) is 0 Å². The number of aliphatic hydroxyl groups is 1. The Hall–Kier alpha value is -3.58. The number of sulfone groups is 1. The SMILES string of the molecule is CCCCOc1cccc([C@@H]2C(S(=O)(=O)c3ccccc3)=C(O)C(=O)N2c2ccc(C)cc2)c1. The van der Waals surface area contributed by atoms with Crippen LogP contribution in [0, 0.1) is 6.92 Å². The van der Waals surface area contributed by atoms with Crippen molar-refractivity contribution in [2.24, 2.45) is 0 Å². The summed E-state index contributed by atoms with van der Waals surface area (Å²) in [7, 11) is -4.17. The van der Waals surface area contributed by atoms with Crippen molar-refractivity contribution in [3.8, 4) is 5.75 Å². The molecule has 0 radical (unpaired) electrons. The van der Waals surface area contributed by atoms with E-state index in [9.17, 15) is 18.3 Å². The molecule has 0 spiro atoms. The number of benzene rings is 3. The minimum Gasteiger partial charge on any atom is -0.502 e. The predicted octanol–water partition coefficient (Wildman–Crippen LogP) is 5.51. The van der Waals surface area contributed by atoms with Crippen LogP contribution in [-0.4, -0.2) is 26.0 Å². The van der Waals surface area contributed by atoms with Crippen molar-refractivity contribution < 1.29 is 23.1 Å². The zero-order chi connectivity index (χ0) is 24.3. The Kier molecular flexibility index (Phi) is 6.75. The third-order valence-electron chi connectivity index (χ3n) is 5.76. The van der Waals surface area contributed by atoms with Crippen molar-refractivity contribution >= 4 is 21.4 Å². The van der Waals surface area contributed by atoms with Crippen LogP contribution in [0.4, 0.5) is 5.69 Å². The van der Waals surface area contributed by atoms with E-state index in [2.05, 4.69) is 6.92 Å².